The van der Waals surface area contributed by atoms with Gasteiger partial charge in [-0.1, -0.05) is 26.2 Å². The molecule has 1 heterocycles. The molecule has 104 valence electrons. The van der Waals surface area contributed by atoms with E-state index in [0.717, 1.165) is 26.1 Å². The van der Waals surface area contributed by atoms with Gasteiger partial charge in [-0.25, -0.2) is 0 Å². The zero-order valence-electron chi connectivity index (χ0n) is 11.4. The zero-order chi connectivity index (χ0) is 12.8. The van der Waals surface area contributed by atoms with E-state index < -0.39 is 0 Å². The van der Waals surface area contributed by atoms with Crippen molar-refractivity contribution in [2.24, 2.45) is 5.92 Å². The molecule has 1 saturated carbocycles. The van der Waals surface area contributed by atoms with Gasteiger partial charge in [0.1, 0.15) is 0 Å². The van der Waals surface area contributed by atoms with Crippen LogP contribution in [0.25, 0.3) is 0 Å². The molecule has 0 radical (unpaired) electrons. The van der Waals surface area contributed by atoms with Crippen molar-refractivity contribution in [3.63, 3.8) is 0 Å². The Labute approximate surface area is 110 Å². The fourth-order valence-corrected chi connectivity index (χ4v) is 2.93. The largest absolute Gasteiger partial charge is 0.375 e. The first-order valence-corrected chi connectivity index (χ1v) is 7.37. The van der Waals surface area contributed by atoms with E-state index in [1.807, 2.05) is 0 Å². The molecule has 2 aliphatic rings. The first kappa shape index (κ1) is 13.8. The number of hydrogen-bond donors (Lipinski definition) is 2. The number of carbonyl (C=O) groups excluding carboxylic acids is 1. The summed E-state index contributed by atoms with van der Waals surface area (Å²) in [4.78, 5) is 12.0. The fraction of sp³-hybridized carbons (Fsp3) is 0.929. The van der Waals surface area contributed by atoms with Gasteiger partial charge in [-0.3, -0.25) is 4.79 Å². The molecule has 18 heavy (non-hydrogen) atoms. The van der Waals surface area contributed by atoms with Gasteiger partial charge in [0.15, 0.2) is 0 Å². The summed E-state index contributed by atoms with van der Waals surface area (Å²) >= 11 is 0. The van der Waals surface area contributed by atoms with Crippen molar-refractivity contribution in [1.29, 1.82) is 0 Å². The highest BCUT2D eigenvalue weighted by Gasteiger charge is 2.23. The third-order valence-corrected chi connectivity index (χ3v) is 4.13. The first-order valence-electron chi connectivity index (χ1n) is 7.37. The average Bonchev–Trinajstić information content (AvgIpc) is 2.56. The van der Waals surface area contributed by atoms with Gasteiger partial charge in [0, 0.05) is 19.1 Å². The lowest BCUT2D eigenvalue weighted by atomic mass is 9.97. The van der Waals surface area contributed by atoms with Gasteiger partial charge < -0.3 is 15.4 Å². The smallest absolute Gasteiger partial charge is 0.222 e. The highest BCUT2D eigenvalue weighted by molar-refractivity contribution is 5.76. The van der Waals surface area contributed by atoms with Crippen LogP contribution in [-0.2, 0) is 9.53 Å². The standard InChI is InChI=1S/C14H26N2O2/c1-11-5-3-2-4-6-13(11)16-14(17)9-12-10-15-7-8-18-12/h11-13,15H,2-10H2,1H3,(H,16,17). The van der Waals surface area contributed by atoms with E-state index in [4.69, 9.17) is 4.74 Å². The van der Waals surface area contributed by atoms with E-state index in [9.17, 15) is 4.79 Å². The predicted molar refractivity (Wildman–Crippen MR) is 71.4 cm³/mol. The number of morpholine rings is 1. The molecule has 2 rings (SSSR count). The van der Waals surface area contributed by atoms with E-state index in [0.29, 0.717) is 18.4 Å². The Morgan fingerprint density at radius 2 is 2.17 bits per heavy atom. The summed E-state index contributed by atoms with van der Waals surface area (Å²) in [6.07, 6.45) is 6.80. The van der Waals surface area contributed by atoms with Crippen molar-refractivity contribution >= 4 is 5.91 Å². The lowest BCUT2D eigenvalue weighted by molar-refractivity contribution is -0.125. The summed E-state index contributed by atoms with van der Waals surface area (Å²) in [6, 6.07) is 0.372. The van der Waals surface area contributed by atoms with Crippen LogP contribution in [0.5, 0.6) is 0 Å². The van der Waals surface area contributed by atoms with Gasteiger partial charge in [0.05, 0.1) is 19.1 Å². The van der Waals surface area contributed by atoms with Gasteiger partial charge in [-0.15, -0.1) is 0 Å². The molecule has 1 saturated heterocycles. The van der Waals surface area contributed by atoms with E-state index in [1.165, 1.54) is 25.7 Å². The summed E-state index contributed by atoms with van der Waals surface area (Å²) in [5.74, 6) is 0.768. The number of ether oxygens (including phenoxy) is 1. The van der Waals surface area contributed by atoms with E-state index >= 15 is 0 Å². The molecule has 0 aromatic carbocycles. The van der Waals surface area contributed by atoms with Gasteiger partial charge in [-0.05, 0) is 18.8 Å². The Balaban J connectivity index is 1.74. The highest BCUT2D eigenvalue weighted by Crippen LogP contribution is 2.23. The van der Waals surface area contributed by atoms with E-state index in [2.05, 4.69) is 17.6 Å². The van der Waals surface area contributed by atoms with Crippen LogP contribution in [-0.4, -0.2) is 37.7 Å². The second kappa shape index (κ2) is 7.10. The molecule has 0 aromatic heterocycles. The van der Waals surface area contributed by atoms with Crippen molar-refractivity contribution in [2.45, 2.75) is 57.6 Å². The number of hydrogen-bond acceptors (Lipinski definition) is 3. The Kier molecular flexibility index (Phi) is 5.45. The highest BCUT2D eigenvalue weighted by atomic mass is 16.5. The van der Waals surface area contributed by atoms with Crippen molar-refractivity contribution < 1.29 is 9.53 Å². The van der Waals surface area contributed by atoms with Gasteiger partial charge >= 0.3 is 0 Å². The molecule has 0 bridgehead atoms. The van der Waals surface area contributed by atoms with E-state index in [-0.39, 0.29) is 12.0 Å². The van der Waals surface area contributed by atoms with Crippen LogP contribution in [0.1, 0.15) is 45.4 Å². The van der Waals surface area contributed by atoms with Crippen molar-refractivity contribution in [1.82, 2.24) is 10.6 Å². The van der Waals surface area contributed by atoms with Crippen molar-refractivity contribution in [3.05, 3.63) is 0 Å². The molecule has 4 heteroatoms. The Morgan fingerprint density at radius 1 is 1.33 bits per heavy atom. The molecule has 1 aliphatic carbocycles. The van der Waals surface area contributed by atoms with Gasteiger partial charge in [-0.2, -0.15) is 0 Å². The second-order valence-corrected chi connectivity index (χ2v) is 5.69. The molecule has 2 fully saturated rings. The lowest BCUT2D eigenvalue weighted by Crippen LogP contribution is -2.44. The topological polar surface area (TPSA) is 50.4 Å². The minimum atomic E-state index is 0.0554. The maximum atomic E-state index is 12.0. The van der Waals surface area contributed by atoms with Crippen LogP contribution < -0.4 is 10.6 Å². The lowest BCUT2D eigenvalue weighted by Gasteiger charge is -2.26. The molecule has 4 nitrogen and oxygen atoms in total. The maximum absolute atomic E-state index is 12.0. The summed E-state index contributed by atoms with van der Waals surface area (Å²) in [5.41, 5.74) is 0. The molecule has 3 unspecified atom stereocenters. The van der Waals surface area contributed by atoms with Crippen molar-refractivity contribution in [3.8, 4) is 0 Å². The molecule has 1 aliphatic heterocycles. The minimum absolute atomic E-state index is 0.0554. The zero-order valence-corrected chi connectivity index (χ0v) is 11.4. The molecule has 0 aromatic rings. The number of nitrogens with one attached hydrogen (secondary N) is 2. The number of rotatable bonds is 3. The molecule has 3 atom stereocenters. The molecule has 1 amide bonds. The normalized spacial score (nSPS) is 33.7. The Hall–Kier alpha value is -0.610. The van der Waals surface area contributed by atoms with Crippen molar-refractivity contribution in [2.75, 3.05) is 19.7 Å². The predicted octanol–water partition coefficient (Wildman–Crippen LogP) is 1.45. The summed E-state index contributed by atoms with van der Waals surface area (Å²) in [6.45, 7) is 4.68. The second-order valence-electron chi connectivity index (χ2n) is 5.69. The molecular formula is C14H26N2O2. The maximum Gasteiger partial charge on any atom is 0.222 e. The number of carbonyl (C=O) groups is 1. The third-order valence-electron chi connectivity index (χ3n) is 4.13. The monoisotopic (exact) mass is 254 g/mol. The summed E-state index contributed by atoms with van der Waals surface area (Å²) < 4.78 is 5.57. The average molecular weight is 254 g/mol. The first-order chi connectivity index (χ1) is 8.75. The summed E-state index contributed by atoms with van der Waals surface area (Å²) in [7, 11) is 0. The van der Waals surface area contributed by atoms with Crippen LogP contribution in [0.4, 0.5) is 0 Å². The quantitative estimate of drug-likeness (QED) is 0.750. The summed E-state index contributed by atoms with van der Waals surface area (Å²) in [5, 5.41) is 6.47. The van der Waals surface area contributed by atoms with Crippen LogP contribution in [0.3, 0.4) is 0 Å². The van der Waals surface area contributed by atoms with Crippen LogP contribution >= 0.6 is 0 Å². The number of amides is 1. The van der Waals surface area contributed by atoms with E-state index in [1.54, 1.807) is 0 Å². The van der Waals surface area contributed by atoms with Crippen LogP contribution in [0, 0.1) is 5.92 Å². The molecular weight excluding hydrogens is 228 g/mol. The molecule has 0 spiro atoms. The van der Waals surface area contributed by atoms with Gasteiger partial charge in [0.25, 0.3) is 0 Å². The Bertz CT molecular complexity index is 265. The SMILES string of the molecule is CC1CCCCCC1NC(=O)CC1CNCCO1. The Morgan fingerprint density at radius 3 is 2.94 bits per heavy atom. The van der Waals surface area contributed by atoms with Crippen LogP contribution in [0.2, 0.25) is 0 Å². The fourth-order valence-electron chi connectivity index (χ4n) is 2.93. The minimum Gasteiger partial charge on any atom is -0.375 e. The molecule has 2 N–H and O–H groups in total. The van der Waals surface area contributed by atoms with Crippen LogP contribution in [0.15, 0.2) is 0 Å². The van der Waals surface area contributed by atoms with Gasteiger partial charge in [0.2, 0.25) is 5.91 Å². The third kappa shape index (κ3) is 4.25.